The summed E-state index contributed by atoms with van der Waals surface area (Å²) in [4.78, 5) is 68.7. The Kier molecular flexibility index (Phi) is 12.7. The summed E-state index contributed by atoms with van der Waals surface area (Å²) in [7, 11) is 2.66. The molecule has 1 aliphatic rings. The molecule has 5 atom stereocenters. The molecule has 1 amide bonds. The maximum Gasteiger partial charge on any atom is 0.337 e. The maximum absolute atomic E-state index is 13.4. The minimum Gasteiger partial charge on any atom is -0.493 e. The summed E-state index contributed by atoms with van der Waals surface area (Å²) in [5, 5.41) is 2.45. The third-order valence-corrected chi connectivity index (χ3v) is 6.86. The smallest absolute Gasteiger partial charge is 0.337 e. The topological polar surface area (TPSA) is 175 Å². The minimum atomic E-state index is -1.47. The first-order valence-corrected chi connectivity index (χ1v) is 14.2. The molecule has 0 aliphatic carbocycles. The van der Waals surface area contributed by atoms with Crippen molar-refractivity contribution in [2.75, 3.05) is 27.6 Å². The van der Waals surface area contributed by atoms with E-state index in [1.54, 1.807) is 38.1 Å². The van der Waals surface area contributed by atoms with E-state index in [-0.39, 0.29) is 23.6 Å². The van der Waals surface area contributed by atoms with Crippen LogP contribution in [0.15, 0.2) is 42.6 Å². The van der Waals surface area contributed by atoms with Crippen LogP contribution in [0.2, 0.25) is 0 Å². The molecule has 1 saturated heterocycles. The normalized spacial score (nSPS) is 20.8. The van der Waals surface area contributed by atoms with Crippen molar-refractivity contribution < 1.29 is 57.1 Å². The van der Waals surface area contributed by atoms with Gasteiger partial charge in [0.15, 0.2) is 35.4 Å². The second-order valence-corrected chi connectivity index (χ2v) is 10.4. The number of rotatable bonds is 12. The van der Waals surface area contributed by atoms with E-state index < -0.39 is 79.4 Å². The van der Waals surface area contributed by atoms with E-state index in [0.29, 0.717) is 0 Å². The Hall–Kier alpha value is -4.72. The number of nitrogens with one attached hydrogen (secondary N) is 1. The minimum absolute atomic E-state index is 0.0849. The average molecular weight is 631 g/mol. The molecule has 14 heteroatoms. The second kappa shape index (κ2) is 16.4. The molecule has 1 aromatic carbocycles. The third kappa shape index (κ3) is 9.38. The van der Waals surface area contributed by atoms with Crippen LogP contribution in [0.4, 0.5) is 0 Å². The predicted molar refractivity (Wildman–Crippen MR) is 155 cm³/mol. The van der Waals surface area contributed by atoms with Crippen molar-refractivity contribution in [3.63, 3.8) is 0 Å². The lowest BCUT2D eigenvalue weighted by Crippen LogP contribution is -2.47. The van der Waals surface area contributed by atoms with Gasteiger partial charge in [-0.3, -0.25) is 14.4 Å². The van der Waals surface area contributed by atoms with Crippen LogP contribution in [0.3, 0.4) is 0 Å². The summed E-state index contributed by atoms with van der Waals surface area (Å²) in [6.45, 7) is 5.06. The van der Waals surface area contributed by atoms with Crippen molar-refractivity contribution in [1.82, 2.24) is 10.3 Å². The lowest BCUT2D eigenvalue weighted by Gasteiger charge is -2.29. The fourth-order valence-electron chi connectivity index (χ4n) is 4.23. The van der Waals surface area contributed by atoms with Crippen LogP contribution in [0.5, 0.6) is 11.5 Å². The summed E-state index contributed by atoms with van der Waals surface area (Å²) in [6, 6.07) is 8.98. The quantitative estimate of drug-likeness (QED) is 0.205. The first-order valence-electron chi connectivity index (χ1n) is 14.2. The summed E-state index contributed by atoms with van der Waals surface area (Å²) in [6.07, 6.45) is -1.71. The van der Waals surface area contributed by atoms with Gasteiger partial charge in [-0.05, 0) is 25.8 Å². The average Bonchev–Trinajstić information content (AvgIpc) is 3.06. The number of cyclic esters (lactones) is 2. The van der Waals surface area contributed by atoms with E-state index in [1.807, 2.05) is 6.07 Å². The van der Waals surface area contributed by atoms with Gasteiger partial charge in [0.2, 0.25) is 6.79 Å². The number of hydrogen-bond donors (Lipinski definition) is 1. The number of hydrogen-bond acceptors (Lipinski definition) is 13. The fraction of sp³-hybridized carbons (Fsp3) is 0.484. The first kappa shape index (κ1) is 34.8. The summed E-state index contributed by atoms with van der Waals surface area (Å²) in [5.41, 5.74) is 0.453. The van der Waals surface area contributed by atoms with Gasteiger partial charge < -0.3 is 38.5 Å². The Morgan fingerprint density at radius 2 is 1.73 bits per heavy atom. The standard InChI is InChI=1S/C31H38N2O12/c1-17(2)28(35)45-25-18(3)44-31(38)22(15-41-30(37)21(25)14-20-10-8-7-9-11-20)33-27(34)24-26(23(40-6)12-13-32-24)42-16-43-29(36)19(4)39-5/h7-13,17-19,21-22,25H,14-16H2,1-6H3,(H,33,34)/t18-,19?,21+,22-,25-/m0/s1. The molecular formula is C31H38N2O12. The first-order chi connectivity index (χ1) is 21.5. The number of amides is 1. The van der Waals surface area contributed by atoms with E-state index in [0.717, 1.165) is 5.56 Å². The van der Waals surface area contributed by atoms with Gasteiger partial charge in [0.05, 0.1) is 13.0 Å². The maximum atomic E-state index is 13.4. The lowest BCUT2D eigenvalue weighted by atomic mass is 9.91. The molecule has 2 aromatic rings. The molecule has 0 radical (unpaired) electrons. The molecule has 1 unspecified atom stereocenters. The van der Waals surface area contributed by atoms with Crippen LogP contribution in [0, 0.1) is 11.8 Å². The molecule has 1 N–H and O–H groups in total. The van der Waals surface area contributed by atoms with Gasteiger partial charge in [-0.2, -0.15) is 0 Å². The van der Waals surface area contributed by atoms with Gasteiger partial charge in [-0.1, -0.05) is 44.2 Å². The number of methoxy groups -OCH3 is 2. The highest BCUT2D eigenvalue weighted by molar-refractivity contribution is 5.98. The van der Waals surface area contributed by atoms with Crippen molar-refractivity contribution in [3.8, 4) is 11.5 Å². The predicted octanol–water partition coefficient (Wildman–Crippen LogP) is 2.02. The van der Waals surface area contributed by atoms with E-state index >= 15 is 0 Å². The van der Waals surface area contributed by atoms with Gasteiger partial charge >= 0.3 is 23.9 Å². The molecular weight excluding hydrogens is 592 g/mol. The van der Waals surface area contributed by atoms with Crippen LogP contribution < -0.4 is 14.8 Å². The molecule has 1 aliphatic heterocycles. The van der Waals surface area contributed by atoms with Crippen LogP contribution in [-0.4, -0.2) is 86.7 Å². The van der Waals surface area contributed by atoms with E-state index in [4.69, 9.17) is 33.2 Å². The Labute approximate surface area is 260 Å². The molecule has 2 heterocycles. The summed E-state index contributed by atoms with van der Waals surface area (Å²) in [5.74, 6) is -5.52. The van der Waals surface area contributed by atoms with Crippen LogP contribution in [0.25, 0.3) is 0 Å². The number of esters is 4. The van der Waals surface area contributed by atoms with Crippen molar-refractivity contribution in [2.45, 2.75) is 58.5 Å². The molecule has 0 spiro atoms. The molecule has 0 bridgehead atoms. The molecule has 244 valence electrons. The van der Waals surface area contributed by atoms with Crippen molar-refractivity contribution >= 4 is 29.8 Å². The highest BCUT2D eigenvalue weighted by Crippen LogP contribution is 2.30. The number of pyridine rings is 1. The molecule has 3 rings (SSSR count). The van der Waals surface area contributed by atoms with Crippen molar-refractivity contribution in [3.05, 3.63) is 53.9 Å². The Morgan fingerprint density at radius 3 is 2.38 bits per heavy atom. The van der Waals surface area contributed by atoms with Crippen molar-refractivity contribution in [2.24, 2.45) is 11.8 Å². The zero-order chi connectivity index (χ0) is 33.1. The number of benzene rings is 1. The van der Waals surface area contributed by atoms with E-state index in [9.17, 15) is 24.0 Å². The lowest BCUT2D eigenvalue weighted by molar-refractivity contribution is -0.176. The highest BCUT2D eigenvalue weighted by Gasteiger charge is 2.42. The summed E-state index contributed by atoms with van der Waals surface area (Å²) < 4.78 is 37.5. The van der Waals surface area contributed by atoms with Gasteiger partial charge in [0, 0.05) is 19.4 Å². The van der Waals surface area contributed by atoms with Crippen LogP contribution >= 0.6 is 0 Å². The number of ether oxygens (including phenoxy) is 7. The van der Waals surface area contributed by atoms with Crippen LogP contribution in [-0.2, 0) is 49.3 Å². The zero-order valence-corrected chi connectivity index (χ0v) is 26.0. The molecule has 1 aromatic heterocycles. The van der Waals surface area contributed by atoms with Gasteiger partial charge in [0.25, 0.3) is 5.91 Å². The van der Waals surface area contributed by atoms with Gasteiger partial charge in [-0.25, -0.2) is 14.6 Å². The second-order valence-electron chi connectivity index (χ2n) is 10.4. The fourth-order valence-corrected chi connectivity index (χ4v) is 4.23. The monoisotopic (exact) mass is 630 g/mol. The highest BCUT2D eigenvalue weighted by atomic mass is 16.7. The summed E-state index contributed by atoms with van der Waals surface area (Å²) >= 11 is 0. The van der Waals surface area contributed by atoms with Gasteiger partial charge in [0.1, 0.15) is 18.6 Å². The largest absolute Gasteiger partial charge is 0.493 e. The number of carbonyl (C=O) groups is 5. The Bertz CT molecular complexity index is 1350. The SMILES string of the molecule is COc1ccnc(C(=O)N[C@H]2COC(=O)[C@H](Cc3ccccc3)[C@@H](OC(=O)C(C)C)[C@H](C)OC2=O)c1OCOC(=O)C(C)OC. The Balaban J connectivity index is 1.84. The number of nitrogens with zero attached hydrogens (tertiary/aromatic N) is 1. The van der Waals surface area contributed by atoms with Crippen LogP contribution in [0.1, 0.15) is 43.7 Å². The van der Waals surface area contributed by atoms with E-state index in [2.05, 4.69) is 10.3 Å². The molecule has 45 heavy (non-hydrogen) atoms. The van der Waals surface area contributed by atoms with E-state index in [1.165, 1.54) is 40.3 Å². The third-order valence-electron chi connectivity index (χ3n) is 6.86. The van der Waals surface area contributed by atoms with Gasteiger partial charge in [-0.15, -0.1) is 0 Å². The molecule has 1 fully saturated rings. The Morgan fingerprint density at radius 1 is 1.02 bits per heavy atom. The number of aromatic nitrogens is 1. The molecule has 0 saturated carbocycles. The molecule has 14 nitrogen and oxygen atoms in total. The zero-order valence-electron chi connectivity index (χ0n) is 26.0. The number of carbonyl (C=O) groups excluding carboxylic acids is 5. The van der Waals surface area contributed by atoms with Crippen molar-refractivity contribution in [1.29, 1.82) is 0 Å².